The number of benzene rings is 1. The average molecular weight is 334 g/mol. The Labute approximate surface area is 141 Å². The number of likely N-dealkylation sites (tertiary alicyclic amines) is 1. The van der Waals surface area contributed by atoms with Crippen LogP contribution >= 0.6 is 11.6 Å². The number of nitrogens with zero attached hydrogens (tertiary/aromatic N) is 1. The number of carbonyl (C=O) groups is 1. The summed E-state index contributed by atoms with van der Waals surface area (Å²) >= 11 is 5.96. The zero-order valence-electron chi connectivity index (χ0n) is 12.9. The Morgan fingerprint density at radius 2 is 2.09 bits per heavy atom. The molecule has 3 rings (SSSR count). The van der Waals surface area contributed by atoms with E-state index in [0.29, 0.717) is 17.9 Å². The Hall–Kier alpha value is -1.94. The van der Waals surface area contributed by atoms with Crippen LogP contribution in [0.25, 0.3) is 0 Å². The molecule has 1 aliphatic rings. The van der Waals surface area contributed by atoms with Crippen molar-refractivity contribution in [1.82, 2.24) is 4.90 Å². The van der Waals surface area contributed by atoms with Gasteiger partial charge in [-0.25, -0.2) is 0 Å². The van der Waals surface area contributed by atoms with Crippen molar-refractivity contribution in [3.63, 3.8) is 0 Å². The van der Waals surface area contributed by atoms with E-state index in [1.54, 1.807) is 6.26 Å². The standard InChI is InChI=1S/C18H20ClNO3/c19-14-3-1-4-17(13-14)23-16-8-10-20(11-9-16)18(21)7-6-15-5-2-12-22-15/h1-5,12-13,16H,6-11H2. The van der Waals surface area contributed by atoms with Crippen LogP contribution in [0.5, 0.6) is 5.75 Å². The number of piperidine rings is 1. The van der Waals surface area contributed by atoms with Gasteiger partial charge in [0.25, 0.3) is 0 Å². The van der Waals surface area contributed by atoms with Gasteiger partial charge in [-0.15, -0.1) is 0 Å². The van der Waals surface area contributed by atoms with Gasteiger partial charge >= 0.3 is 0 Å². The van der Waals surface area contributed by atoms with Gasteiger partial charge in [-0.2, -0.15) is 0 Å². The summed E-state index contributed by atoms with van der Waals surface area (Å²) in [5, 5.41) is 0.674. The normalized spacial score (nSPS) is 15.6. The molecule has 122 valence electrons. The van der Waals surface area contributed by atoms with Crippen LogP contribution in [0, 0.1) is 0 Å². The Balaban J connectivity index is 1.43. The highest BCUT2D eigenvalue weighted by atomic mass is 35.5. The molecule has 0 spiro atoms. The van der Waals surface area contributed by atoms with E-state index in [9.17, 15) is 4.79 Å². The Bertz CT molecular complexity index is 633. The third-order valence-corrected chi connectivity index (χ3v) is 4.29. The number of carbonyl (C=O) groups excluding carboxylic acids is 1. The minimum Gasteiger partial charge on any atom is -0.490 e. The molecule has 0 saturated carbocycles. The van der Waals surface area contributed by atoms with Crippen LogP contribution in [-0.4, -0.2) is 30.0 Å². The van der Waals surface area contributed by atoms with E-state index in [1.165, 1.54) is 0 Å². The minimum absolute atomic E-state index is 0.141. The number of ether oxygens (including phenoxy) is 1. The Kier molecular flexibility index (Phi) is 5.23. The zero-order valence-corrected chi connectivity index (χ0v) is 13.7. The Morgan fingerprint density at radius 3 is 2.78 bits per heavy atom. The molecule has 0 N–H and O–H groups in total. The maximum Gasteiger partial charge on any atom is 0.223 e. The van der Waals surface area contributed by atoms with Gasteiger partial charge in [0.1, 0.15) is 17.6 Å². The summed E-state index contributed by atoms with van der Waals surface area (Å²) in [5.41, 5.74) is 0. The fourth-order valence-corrected chi connectivity index (χ4v) is 2.98. The first-order chi connectivity index (χ1) is 11.2. The second-order valence-electron chi connectivity index (χ2n) is 5.73. The van der Waals surface area contributed by atoms with Crippen LogP contribution < -0.4 is 4.74 Å². The lowest BCUT2D eigenvalue weighted by atomic mass is 10.1. The van der Waals surface area contributed by atoms with Crippen LogP contribution in [0.15, 0.2) is 47.1 Å². The molecule has 5 heteroatoms. The molecule has 1 saturated heterocycles. The summed E-state index contributed by atoms with van der Waals surface area (Å²) in [5.74, 6) is 1.83. The molecule has 1 amide bonds. The van der Waals surface area contributed by atoms with Gasteiger partial charge in [-0.05, 0) is 30.3 Å². The van der Waals surface area contributed by atoms with E-state index in [4.69, 9.17) is 20.8 Å². The lowest BCUT2D eigenvalue weighted by molar-refractivity contribution is -0.133. The summed E-state index contributed by atoms with van der Waals surface area (Å²) in [6.45, 7) is 1.48. The van der Waals surface area contributed by atoms with Crippen molar-refractivity contribution in [2.45, 2.75) is 31.8 Å². The molecular weight excluding hydrogens is 314 g/mol. The number of furan rings is 1. The topological polar surface area (TPSA) is 42.7 Å². The number of amides is 1. The number of halogens is 1. The smallest absolute Gasteiger partial charge is 0.223 e. The molecule has 0 radical (unpaired) electrons. The molecule has 2 aromatic rings. The first-order valence-electron chi connectivity index (χ1n) is 7.93. The highest BCUT2D eigenvalue weighted by Crippen LogP contribution is 2.22. The number of hydrogen-bond donors (Lipinski definition) is 0. The van der Waals surface area contributed by atoms with Gasteiger partial charge < -0.3 is 14.1 Å². The average Bonchev–Trinajstić information content (AvgIpc) is 3.07. The van der Waals surface area contributed by atoms with Crippen molar-refractivity contribution in [3.05, 3.63) is 53.4 Å². The lowest BCUT2D eigenvalue weighted by Gasteiger charge is -2.32. The largest absolute Gasteiger partial charge is 0.490 e. The van der Waals surface area contributed by atoms with Crippen LogP contribution in [-0.2, 0) is 11.2 Å². The molecule has 0 unspecified atom stereocenters. The van der Waals surface area contributed by atoms with Gasteiger partial charge in [0.05, 0.1) is 6.26 Å². The first-order valence-corrected chi connectivity index (χ1v) is 8.31. The van der Waals surface area contributed by atoms with Crippen molar-refractivity contribution in [2.75, 3.05) is 13.1 Å². The fourth-order valence-electron chi connectivity index (χ4n) is 2.80. The van der Waals surface area contributed by atoms with Gasteiger partial charge in [0, 0.05) is 43.8 Å². The molecule has 1 aliphatic heterocycles. The van der Waals surface area contributed by atoms with E-state index in [-0.39, 0.29) is 12.0 Å². The second-order valence-corrected chi connectivity index (χ2v) is 6.17. The molecule has 0 aliphatic carbocycles. The summed E-state index contributed by atoms with van der Waals surface area (Å²) in [7, 11) is 0. The molecular formula is C18H20ClNO3. The van der Waals surface area contributed by atoms with E-state index in [1.807, 2.05) is 41.3 Å². The molecule has 1 aromatic heterocycles. The van der Waals surface area contributed by atoms with Crippen LogP contribution in [0.1, 0.15) is 25.0 Å². The summed E-state index contributed by atoms with van der Waals surface area (Å²) in [4.78, 5) is 14.1. The molecule has 0 atom stereocenters. The second kappa shape index (κ2) is 7.55. The zero-order chi connectivity index (χ0) is 16.1. The van der Waals surface area contributed by atoms with Gasteiger partial charge in [-0.3, -0.25) is 4.79 Å². The van der Waals surface area contributed by atoms with Crippen LogP contribution in [0.3, 0.4) is 0 Å². The SMILES string of the molecule is O=C(CCc1ccco1)N1CCC(Oc2cccc(Cl)c2)CC1. The van der Waals surface area contributed by atoms with Crippen molar-refractivity contribution in [2.24, 2.45) is 0 Å². The monoisotopic (exact) mass is 333 g/mol. The summed E-state index contributed by atoms with van der Waals surface area (Å²) < 4.78 is 11.2. The summed E-state index contributed by atoms with van der Waals surface area (Å²) in [6, 6.07) is 11.2. The maximum absolute atomic E-state index is 12.2. The highest BCUT2D eigenvalue weighted by molar-refractivity contribution is 6.30. The third kappa shape index (κ3) is 4.52. The molecule has 2 heterocycles. The molecule has 4 nitrogen and oxygen atoms in total. The van der Waals surface area contributed by atoms with Crippen molar-refractivity contribution in [1.29, 1.82) is 0 Å². The number of aryl methyl sites for hydroxylation is 1. The molecule has 0 bridgehead atoms. The van der Waals surface area contributed by atoms with Gasteiger partial charge in [0.2, 0.25) is 5.91 Å². The van der Waals surface area contributed by atoms with E-state index >= 15 is 0 Å². The predicted molar refractivity (Wildman–Crippen MR) is 88.7 cm³/mol. The van der Waals surface area contributed by atoms with Crippen molar-refractivity contribution in [3.8, 4) is 5.75 Å². The molecule has 1 fully saturated rings. The van der Waals surface area contributed by atoms with Crippen molar-refractivity contribution >= 4 is 17.5 Å². The number of hydrogen-bond acceptors (Lipinski definition) is 3. The van der Waals surface area contributed by atoms with E-state index in [0.717, 1.165) is 37.4 Å². The number of rotatable bonds is 5. The fraction of sp³-hybridized carbons (Fsp3) is 0.389. The van der Waals surface area contributed by atoms with Crippen molar-refractivity contribution < 1.29 is 13.9 Å². The van der Waals surface area contributed by atoms with Gasteiger partial charge in [-0.1, -0.05) is 17.7 Å². The minimum atomic E-state index is 0.141. The lowest BCUT2D eigenvalue weighted by Crippen LogP contribution is -2.41. The van der Waals surface area contributed by atoms with Crippen LogP contribution in [0.2, 0.25) is 5.02 Å². The highest BCUT2D eigenvalue weighted by Gasteiger charge is 2.23. The van der Waals surface area contributed by atoms with E-state index < -0.39 is 0 Å². The predicted octanol–water partition coefficient (Wildman–Crippen LogP) is 3.94. The molecule has 23 heavy (non-hydrogen) atoms. The third-order valence-electron chi connectivity index (χ3n) is 4.06. The van der Waals surface area contributed by atoms with Crippen LogP contribution in [0.4, 0.5) is 0 Å². The van der Waals surface area contributed by atoms with Gasteiger partial charge in [0.15, 0.2) is 0 Å². The molecule has 1 aromatic carbocycles. The maximum atomic E-state index is 12.2. The van der Waals surface area contributed by atoms with E-state index in [2.05, 4.69) is 0 Å². The Morgan fingerprint density at radius 1 is 1.26 bits per heavy atom. The quantitative estimate of drug-likeness (QED) is 0.832. The summed E-state index contributed by atoms with van der Waals surface area (Å²) in [6.07, 6.45) is 4.62. The first kappa shape index (κ1) is 15.9.